The Morgan fingerprint density at radius 1 is 1.32 bits per heavy atom. The van der Waals surface area contributed by atoms with Crippen LogP contribution in [0.3, 0.4) is 0 Å². The van der Waals surface area contributed by atoms with Crippen molar-refractivity contribution in [2.75, 3.05) is 11.9 Å². The largest absolute Gasteiger partial charge is 0.444 e. The summed E-state index contributed by atoms with van der Waals surface area (Å²) in [5.74, 6) is 0.454. The van der Waals surface area contributed by atoms with E-state index in [1.54, 1.807) is 18.0 Å². The molecule has 0 saturated carbocycles. The van der Waals surface area contributed by atoms with Crippen LogP contribution in [0.25, 0.3) is 0 Å². The van der Waals surface area contributed by atoms with Gasteiger partial charge < -0.3 is 15.0 Å². The van der Waals surface area contributed by atoms with Gasteiger partial charge in [0.05, 0.1) is 17.1 Å². The summed E-state index contributed by atoms with van der Waals surface area (Å²) in [6, 6.07) is 5.36. The van der Waals surface area contributed by atoms with Gasteiger partial charge in [0.1, 0.15) is 5.60 Å². The van der Waals surface area contributed by atoms with Crippen molar-refractivity contribution in [2.24, 2.45) is 0 Å². The normalized spacial score (nSPS) is 19.9. The van der Waals surface area contributed by atoms with Crippen molar-refractivity contribution in [2.45, 2.75) is 63.6 Å². The van der Waals surface area contributed by atoms with Crippen LogP contribution in [0.2, 0.25) is 0 Å². The number of hydrogen-bond acceptors (Lipinski definition) is 8. The summed E-state index contributed by atoms with van der Waals surface area (Å²) in [7, 11) is 0. The van der Waals surface area contributed by atoms with Crippen molar-refractivity contribution in [1.29, 1.82) is 0 Å². The Labute approximate surface area is 185 Å². The number of carbonyl (C=O) groups is 1. The van der Waals surface area contributed by atoms with E-state index in [1.165, 1.54) is 0 Å². The van der Waals surface area contributed by atoms with Gasteiger partial charge in [-0.2, -0.15) is 10.4 Å². The first kappa shape index (κ1) is 21.8. The number of benzene rings is 1. The molecule has 0 bridgehead atoms. The maximum atomic E-state index is 12.4. The number of rotatable bonds is 2. The number of anilines is 2. The van der Waals surface area contributed by atoms with E-state index in [0.29, 0.717) is 31.9 Å². The third-order valence-electron chi connectivity index (χ3n) is 5.24. The summed E-state index contributed by atoms with van der Waals surface area (Å²) >= 11 is 1.00. The van der Waals surface area contributed by atoms with E-state index in [2.05, 4.69) is 15.3 Å². The van der Waals surface area contributed by atoms with Gasteiger partial charge in [0.15, 0.2) is 18.0 Å². The Kier molecular flexibility index (Phi) is 5.59. The van der Waals surface area contributed by atoms with Gasteiger partial charge in [0.2, 0.25) is 5.95 Å². The molecule has 2 aliphatic rings. The number of carbonyl (C=O) groups excluding carboxylic acids is 1. The topological polar surface area (TPSA) is 108 Å². The Morgan fingerprint density at radius 3 is 2.84 bits per heavy atom. The minimum absolute atomic E-state index is 0.338. The molecule has 2 aliphatic heterocycles. The molecule has 1 atom stereocenters. The molecule has 31 heavy (non-hydrogen) atoms. The van der Waals surface area contributed by atoms with Crippen LogP contribution in [0.4, 0.5) is 16.4 Å². The molecule has 0 fully saturated rings. The molecule has 2 aromatic rings. The minimum Gasteiger partial charge on any atom is -0.444 e. The smallest absolute Gasteiger partial charge is 0.410 e. The molecule has 0 spiro atoms. The predicted molar refractivity (Wildman–Crippen MR) is 115 cm³/mol. The second kappa shape index (κ2) is 7.94. The molecule has 166 valence electrons. The van der Waals surface area contributed by atoms with Crippen molar-refractivity contribution in [3.05, 3.63) is 41.2 Å². The summed E-state index contributed by atoms with van der Waals surface area (Å²) in [5.41, 5.74) is 3.15. The lowest BCUT2D eigenvalue weighted by Crippen LogP contribution is -2.45. The highest BCUT2D eigenvalue weighted by molar-refractivity contribution is 7.93. The van der Waals surface area contributed by atoms with Gasteiger partial charge in [-0.25, -0.2) is 14.8 Å². The molecule has 1 amide bonds. The van der Waals surface area contributed by atoms with Crippen molar-refractivity contribution in [3.63, 3.8) is 0 Å². The zero-order valence-electron chi connectivity index (χ0n) is 18.1. The third-order valence-corrected chi connectivity index (χ3v) is 6.46. The predicted octanol–water partition coefficient (Wildman–Crippen LogP) is 4.06. The molecule has 10 heteroatoms. The van der Waals surface area contributed by atoms with Crippen molar-refractivity contribution in [3.8, 4) is 0 Å². The maximum Gasteiger partial charge on any atom is 0.410 e. The van der Waals surface area contributed by atoms with Gasteiger partial charge in [-0.15, -0.1) is 0 Å². The SMILES string of the molecule is CC1Cc2cc(Nc3ncc4c(n3)CN(C(=O)OC(C)(C)C)CC4)ccc2S[N+]1(O)O. The number of amides is 1. The number of hydrogen-bond donors (Lipinski definition) is 3. The van der Waals surface area contributed by atoms with E-state index in [0.717, 1.165) is 39.4 Å². The summed E-state index contributed by atoms with van der Waals surface area (Å²) < 4.78 is 4.42. The van der Waals surface area contributed by atoms with Crippen LogP contribution in [0, 0.1) is 0 Å². The summed E-state index contributed by atoms with van der Waals surface area (Å²) in [6.45, 7) is 8.31. The van der Waals surface area contributed by atoms with Crippen molar-refractivity contribution >= 4 is 29.7 Å². The molecule has 0 aliphatic carbocycles. The Morgan fingerprint density at radius 2 is 2.10 bits per heavy atom. The van der Waals surface area contributed by atoms with Crippen LogP contribution in [-0.4, -0.2) is 53.8 Å². The molecule has 9 nitrogen and oxygen atoms in total. The molecule has 3 N–H and O–H groups in total. The standard InChI is InChI=1S/C21H28N5O4S/c1-13-9-15-10-16(5-6-18(15)31-26(13,28)29)23-19-22-11-14-7-8-25(12-17(14)24-19)20(27)30-21(2,3)4/h5-6,10-11,13,28-29H,7-9,12H2,1-4H3,(H,22,23,24)/q+1. The van der Waals surface area contributed by atoms with Gasteiger partial charge in [-0.1, -0.05) is 0 Å². The van der Waals surface area contributed by atoms with Crippen LogP contribution < -0.4 is 5.32 Å². The van der Waals surface area contributed by atoms with Gasteiger partial charge in [0, 0.05) is 29.1 Å². The highest BCUT2D eigenvalue weighted by Gasteiger charge is 2.40. The van der Waals surface area contributed by atoms with E-state index in [4.69, 9.17) is 4.74 Å². The fourth-order valence-electron chi connectivity index (χ4n) is 3.55. The molecule has 4 rings (SSSR count). The van der Waals surface area contributed by atoms with Crippen LogP contribution in [-0.2, 0) is 24.1 Å². The monoisotopic (exact) mass is 446 g/mol. The lowest BCUT2D eigenvalue weighted by atomic mass is 10.1. The quantitative estimate of drug-likeness (QED) is 0.468. The Hall–Kier alpha value is -2.40. The first-order valence-corrected chi connectivity index (χ1v) is 11.0. The zero-order valence-corrected chi connectivity index (χ0v) is 18.9. The van der Waals surface area contributed by atoms with E-state index < -0.39 is 9.82 Å². The van der Waals surface area contributed by atoms with Gasteiger partial charge in [0.25, 0.3) is 0 Å². The molecule has 1 aromatic heterocycles. The average molecular weight is 447 g/mol. The maximum absolute atomic E-state index is 12.4. The number of nitrogens with one attached hydrogen (secondary N) is 1. The number of ether oxygens (including phenoxy) is 1. The van der Waals surface area contributed by atoms with Crippen LogP contribution in [0.5, 0.6) is 0 Å². The number of quaternary nitrogens is 1. The molecule has 1 aromatic carbocycles. The van der Waals surface area contributed by atoms with E-state index in [9.17, 15) is 15.2 Å². The van der Waals surface area contributed by atoms with Crippen LogP contribution in [0.15, 0.2) is 29.3 Å². The lowest BCUT2D eigenvalue weighted by molar-refractivity contribution is -1.16. The Bertz CT molecular complexity index is 1010. The van der Waals surface area contributed by atoms with E-state index in [1.807, 2.05) is 39.0 Å². The van der Waals surface area contributed by atoms with Gasteiger partial charge in [-0.05, 0) is 63.4 Å². The number of nitrogens with zero attached hydrogens (tertiary/aromatic N) is 4. The third kappa shape index (κ3) is 4.93. The zero-order chi connectivity index (χ0) is 22.4. The molecular formula is C21H28N5O4S+. The Balaban J connectivity index is 1.49. The first-order valence-electron chi connectivity index (χ1n) is 10.3. The molecule has 3 heterocycles. The van der Waals surface area contributed by atoms with Crippen LogP contribution in [0.1, 0.15) is 44.5 Å². The van der Waals surface area contributed by atoms with Crippen molar-refractivity contribution < 1.29 is 24.2 Å². The average Bonchev–Trinajstić information content (AvgIpc) is 2.67. The van der Waals surface area contributed by atoms with Crippen molar-refractivity contribution in [1.82, 2.24) is 14.9 Å². The lowest BCUT2D eigenvalue weighted by Gasteiger charge is -2.30. The second-order valence-corrected chi connectivity index (χ2v) is 10.2. The van der Waals surface area contributed by atoms with E-state index >= 15 is 0 Å². The minimum atomic E-state index is -1.07. The number of aromatic nitrogens is 2. The van der Waals surface area contributed by atoms with Gasteiger partial charge >= 0.3 is 6.09 Å². The number of fused-ring (bicyclic) bond motifs is 2. The van der Waals surface area contributed by atoms with Crippen LogP contribution >= 0.6 is 11.9 Å². The molecule has 1 unspecified atom stereocenters. The highest BCUT2D eigenvalue weighted by atomic mass is 32.2. The summed E-state index contributed by atoms with van der Waals surface area (Å²) in [4.78, 5) is 24.0. The fourth-order valence-corrected chi connectivity index (χ4v) is 4.48. The van der Waals surface area contributed by atoms with E-state index in [-0.39, 0.29) is 12.1 Å². The molecular weight excluding hydrogens is 418 g/mol. The fraction of sp³-hybridized carbons (Fsp3) is 0.476. The molecule has 0 radical (unpaired) electrons. The summed E-state index contributed by atoms with van der Waals surface area (Å²) in [6.07, 6.45) is 2.69. The first-order chi connectivity index (χ1) is 14.5. The molecule has 0 saturated heterocycles. The number of hydroxylamine groups is 2. The second-order valence-electron chi connectivity index (χ2n) is 9.00. The van der Waals surface area contributed by atoms with Gasteiger partial charge in [-0.3, -0.25) is 0 Å². The highest BCUT2D eigenvalue weighted by Crippen LogP contribution is 2.39. The summed E-state index contributed by atoms with van der Waals surface area (Å²) in [5, 5.41) is 23.3.